The van der Waals surface area contributed by atoms with Crippen LogP contribution in [0.2, 0.25) is 0 Å². The number of nitrogens with one attached hydrogen (secondary N) is 2. The Bertz CT molecular complexity index is 791. The van der Waals surface area contributed by atoms with Gasteiger partial charge >= 0.3 is 6.03 Å². The molecule has 24 heavy (non-hydrogen) atoms. The van der Waals surface area contributed by atoms with E-state index in [1.807, 2.05) is 13.8 Å². The average molecular weight is 325 g/mol. The molecule has 0 bridgehead atoms. The van der Waals surface area contributed by atoms with E-state index >= 15 is 0 Å². The lowest BCUT2D eigenvalue weighted by molar-refractivity contribution is 0.241. The van der Waals surface area contributed by atoms with E-state index in [1.54, 1.807) is 29.3 Å². The van der Waals surface area contributed by atoms with Crippen LogP contribution in [0.5, 0.6) is 5.75 Å². The van der Waals surface area contributed by atoms with Crippen LogP contribution in [0.1, 0.15) is 31.5 Å². The molecular weight excluding hydrogens is 306 g/mol. The average Bonchev–Trinajstić information content (AvgIpc) is 3.04. The number of anilines is 2. The molecule has 1 aromatic heterocycles. The molecule has 2 aromatic rings. The van der Waals surface area contributed by atoms with Gasteiger partial charge in [-0.25, -0.2) is 4.79 Å². The van der Waals surface area contributed by atoms with Crippen molar-refractivity contribution < 1.29 is 9.53 Å². The molecule has 0 saturated carbocycles. The summed E-state index contributed by atoms with van der Waals surface area (Å²) in [5.74, 6) is 0.514. The second-order valence-electron chi connectivity index (χ2n) is 5.91. The van der Waals surface area contributed by atoms with Gasteiger partial charge in [0, 0.05) is 12.2 Å². The molecule has 2 amide bonds. The van der Waals surface area contributed by atoms with Crippen LogP contribution in [-0.2, 0) is 6.42 Å². The van der Waals surface area contributed by atoms with E-state index in [9.17, 15) is 10.1 Å². The maximum atomic E-state index is 12.5. The van der Waals surface area contributed by atoms with Gasteiger partial charge in [0.15, 0.2) is 0 Å². The van der Waals surface area contributed by atoms with Crippen LogP contribution in [0.15, 0.2) is 24.4 Å². The van der Waals surface area contributed by atoms with Crippen molar-refractivity contribution in [2.45, 2.75) is 32.8 Å². The Kier molecular flexibility index (Phi) is 4.38. The number of rotatable bonds is 3. The highest BCUT2D eigenvalue weighted by Crippen LogP contribution is 2.27. The van der Waals surface area contributed by atoms with Crippen LogP contribution in [0, 0.1) is 11.3 Å². The van der Waals surface area contributed by atoms with E-state index < -0.39 is 0 Å². The summed E-state index contributed by atoms with van der Waals surface area (Å²) >= 11 is 0. The predicted octanol–water partition coefficient (Wildman–Crippen LogP) is 3.05. The lowest BCUT2D eigenvalue weighted by Crippen LogP contribution is -2.38. The van der Waals surface area contributed by atoms with E-state index in [0.717, 1.165) is 24.2 Å². The van der Waals surface area contributed by atoms with Crippen molar-refractivity contribution in [3.63, 3.8) is 0 Å². The first-order chi connectivity index (χ1) is 11.6. The van der Waals surface area contributed by atoms with Crippen molar-refractivity contribution in [3.05, 3.63) is 35.7 Å². The van der Waals surface area contributed by atoms with Gasteiger partial charge in [0.25, 0.3) is 0 Å². The van der Waals surface area contributed by atoms with Gasteiger partial charge in [-0.05, 0) is 44.9 Å². The minimum Gasteiger partial charge on any atom is -0.490 e. The lowest BCUT2D eigenvalue weighted by Gasteiger charge is -2.26. The van der Waals surface area contributed by atoms with Gasteiger partial charge in [-0.1, -0.05) is 0 Å². The minimum atomic E-state index is -0.237. The standard InChI is InChI=1S/C17H19N5O2/c1-11(2)24-16-6-5-13(8-12(16)9-18)20-17(23)22-7-3-4-14-15(22)10-19-21-14/h5-6,8,10-11H,3-4,7H2,1-2H3,(H,19,21)(H,20,23). The van der Waals surface area contributed by atoms with Crippen molar-refractivity contribution in [3.8, 4) is 11.8 Å². The largest absolute Gasteiger partial charge is 0.490 e. The quantitative estimate of drug-likeness (QED) is 0.907. The number of fused-ring (bicyclic) bond motifs is 1. The Morgan fingerprint density at radius 3 is 3.08 bits per heavy atom. The molecule has 1 aliphatic rings. The molecular formula is C17H19N5O2. The third-order valence-electron chi connectivity index (χ3n) is 3.75. The third-order valence-corrected chi connectivity index (χ3v) is 3.75. The maximum Gasteiger partial charge on any atom is 0.326 e. The molecule has 124 valence electrons. The molecule has 0 radical (unpaired) electrons. The van der Waals surface area contributed by atoms with Gasteiger partial charge in [0.2, 0.25) is 0 Å². The summed E-state index contributed by atoms with van der Waals surface area (Å²) in [6, 6.07) is 6.92. The first kappa shape index (κ1) is 15.9. The molecule has 3 rings (SSSR count). The summed E-state index contributed by atoms with van der Waals surface area (Å²) in [7, 11) is 0. The summed E-state index contributed by atoms with van der Waals surface area (Å²) in [5.41, 5.74) is 2.72. The third kappa shape index (κ3) is 3.18. The highest BCUT2D eigenvalue weighted by Gasteiger charge is 2.24. The minimum absolute atomic E-state index is 0.0228. The smallest absolute Gasteiger partial charge is 0.326 e. The monoisotopic (exact) mass is 325 g/mol. The molecule has 7 heteroatoms. The van der Waals surface area contributed by atoms with Gasteiger partial charge in [-0.2, -0.15) is 10.4 Å². The fourth-order valence-corrected chi connectivity index (χ4v) is 2.71. The number of aromatic nitrogens is 2. The fourth-order valence-electron chi connectivity index (χ4n) is 2.71. The molecule has 7 nitrogen and oxygen atoms in total. The number of hydrogen-bond donors (Lipinski definition) is 2. The van der Waals surface area contributed by atoms with Crippen LogP contribution in [0.25, 0.3) is 0 Å². The Balaban J connectivity index is 1.77. The van der Waals surface area contributed by atoms with Crippen molar-refractivity contribution in [1.82, 2.24) is 10.2 Å². The van der Waals surface area contributed by atoms with Gasteiger partial charge < -0.3 is 10.1 Å². The van der Waals surface area contributed by atoms with E-state index in [-0.39, 0.29) is 12.1 Å². The van der Waals surface area contributed by atoms with Crippen molar-refractivity contribution in [1.29, 1.82) is 5.26 Å². The highest BCUT2D eigenvalue weighted by molar-refractivity contribution is 6.02. The molecule has 1 aromatic carbocycles. The van der Waals surface area contributed by atoms with Gasteiger partial charge in [-0.15, -0.1) is 0 Å². The first-order valence-electron chi connectivity index (χ1n) is 7.90. The lowest BCUT2D eigenvalue weighted by atomic mass is 10.1. The zero-order chi connectivity index (χ0) is 17.1. The zero-order valence-corrected chi connectivity index (χ0v) is 13.7. The molecule has 2 heterocycles. The number of aryl methyl sites for hydroxylation is 1. The Hall–Kier alpha value is -3.01. The molecule has 0 saturated heterocycles. The Morgan fingerprint density at radius 2 is 2.33 bits per heavy atom. The zero-order valence-electron chi connectivity index (χ0n) is 13.7. The maximum absolute atomic E-state index is 12.5. The summed E-state index contributed by atoms with van der Waals surface area (Å²) in [6.45, 7) is 4.43. The molecule has 0 aliphatic carbocycles. The topological polar surface area (TPSA) is 94.0 Å². The van der Waals surface area contributed by atoms with Crippen LogP contribution in [0.3, 0.4) is 0 Å². The van der Waals surface area contributed by atoms with E-state index in [1.165, 1.54) is 0 Å². The van der Waals surface area contributed by atoms with Crippen molar-refractivity contribution in [2.75, 3.05) is 16.8 Å². The highest BCUT2D eigenvalue weighted by atomic mass is 16.5. The number of amides is 2. The van der Waals surface area contributed by atoms with Crippen LogP contribution < -0.4 is 15.0 Å². The number of aromatic amines is 1. The van der Waals surface area contributed by atoms with E-state index in [2.05, 4.69) is 21.6 Å². The number of H-pyrrole nitrogens is 1. The number of carbonyl (C=O) groups excluding carboxylic acids is 1. The van der Waals surface area contributed by atoms with Crippen LogP contribution in [0.4, 0.5) is 16.2 Å². The Labute approximate surface area is 140 Å². The number of hydrogen-bond acceptors (Lipinski definition) is 4. The molecule has 0 unspecified atom stereocenters. The second kappa shape index (κ2) is 6.62. The number of urea groups is 1. The normalized spacial score (nSPS) is 13.3. The number of nitriles is 1. The molecule has 1 aliphatic heterocycles. The summed E-state index contributed by atoms with van der Waals surface area (Å²) in [5, 5.41) is 19.0. The molecule has 2 N–H and O–H groups in total. The summed E-state index contributed by atoms with van der Waals surface area (Å²) in [6.07, 6.45) is 3.41. The molecule has 0 atom stereocenters. The number of ether oxygens (including phenoxy) is 1. The van der Waals surface area contributed by atoms with E-state index in [4.69, 9.17) is 4.74 Å². The Morgan fingerprint density at radius 1 is 1.50 bits per heavy atom. The van der Waals surface area contributed by atoms with Gasteiger partial charge in [0.1, 0.15) is 11.8 Å². The van der Waals surface area contributed by atoms with Crippen LogP contribution in [-0.4, -0.2) is 28.9 Å². The fraction of sp³-hybridized carbons (Fsp3) is 0.353. The summed E-state index contributed by atoms with van der Waals surface area (Å²) < 4.78 is 5.59. The van der Waals surface area contributed by atoms with Crippen LogP contribution >= 0.6 is 0 Å². The number of nitrogens with zero attached hydrogens (tertiary/aromatic N) is 3. The molecule has 0 spiro atoms. The van der Waals surface area contributed by atoms with Gasteiger partial charge in [-0.3, -0.25) is 10.00 Å². The second-order valence-corrected chi connectivity index (χ2v) is 5.91. The van der Waals surface area contributed by atoms with Crippen molar-refractivity contribution in [2.24, 2.45) is 0 Å². The van der Waals surface area contributed by atoms with E-state index in [0.29, 0.717) is 23.5 Å². The predicted molar refractivity (Wildman–Crippen MR) is 90.2 cm³/mol. The molecule has 0 fully saturated rings. The summed E-state index contributed by atoms with van der Waals surface area (Å²) in [4.78, 5) is 14.2. The van der Waals surface area contributed by atoms with Crippen molar-refractivity contribution >= 4 is 17.4 Å². The number of carbonyl (C=O) groups is 1. The van der Waals surface area contributed by atoms with Gasteiger partial charge in [0.05, 0.1) is 29.2 Å². The first-order valence-corrected chi connectivity index (χ1v) is 7.90. The SMILES string of the molecule is CC(C)Oc1ccc(NC(=O)N2CCCc3[nH]ncc32)cc1C#N. The number of benzene rings is 1.